The number of carbonyl (C=O) groups is 2. The second kappa shape index (κ2) is 15.2. The summed E-state index contributed by atoms with van der Waals surface area (Å²) in [4.78, 5) is 28.9. The number of carbonyl (C=O) groups excluding carboxylic acids is 2. The highest BCUT2D eigenvalue weighted by molar-refractivity contribution is 7.92. The molecular formula is C32H41N3O4S. The first-order chi connectivity index (χ1) is 19.3. The van der Waals surface area contributed by atoms with Crippen molar-refractivity contribution in [2.24, 2.45) is 0 Å². The van der Waals surface area contributed by atoms with Gasteiger partial charge in [0, 0.05) is 13.1 Å². The fraction of sp³-hybridized carbons (Fsp3) is 0.375. The van der Waals surface area contributed by atoms with Crippen LogP contribution in [0, 0.1) is 0 Å². The Balaban J connectivity index is 1.97. The van der Waals surface area contributed by atoms with E-state index in [4.69, 9.17) is 0 Å². The summed E-state index contributed by atoms with van der Waals surface area (Å²) in [5.41, 5.74) is 2.50. The molecule has 0 fully saturated rings. The number of amides is 2. The second-order valence-corrected chi connectivity index (χ2v) is 11.6. The maximum Gasteiger partial charge on any atom is 0.264 e. The lowest BCUT2D eigenvalue weighted by Gasteiger charge is -2.33. The van der Waals surface area contributed by atoms with Gasteiger partial charge in [0.2, 0.25) is 11.8 Å². The predicted molar refractivity (Wildman–Crippen MR) is 161 cm³/mol. The van der Waals surface area contributed by atoms with Crippen LogP contribution in [-0.2, 0) is 32.5 Å². The monoisotopic (exact) mass is 563 g/mol. The van der Waals surface area contributed by atoms with Gasteiger partial charge >= 0.3 is 0 Å². The molecule has 8 heteroatoms. The van der Waals surface area contributed by atoms with Crippen molar-refractivity contribution in [3.05, 3.63) is 96.1 Å². The average molecular weight is 564 g/mol. The number of unbranched alkanes of at least 4 members (excludes halogenated alkanes) is 1. The quantitative estimate of drug-likeness (QED) is 0.257. The Morgan fingerprint density at radius 2 is 1.45 bits per heavy atom. The molecule has 0 aliphatic rings. The number of nitrogens with zero attached hydrogens (tertiary/aromatic N) is 2. The Morgan fingerprint density at radius 1 is 0.825 bits per heavy atom. The van der Waals surface area contributed by atoms with E-state index < -0.39 is 28.5 Å². The minimum absolute atomic E-state index is 0.0996. The van der Waals surface area contributed by atoms with Gasteiger partial charge in [-0.3, -0.25) is 13.9 Å². The Bertz CT molecular complexity index is 1310. The molecule has 0 aliphatic carbocycles. The van der Waals surface area contributed by atoms with Gasteiger partial charge in [-0.25, -0.2) is 8.42 Å². The summed E-state index contributed by atoms with van der Waals surface area (Å²) >= 11 is 0. The molecule has 0 bridgehead atoms. The van der Waals surface area contributed by atoms with Crippen LogP contribution in [0.3, 0.4) is 0 Å². The Hall–Kier alpha value is -3.65. The molecular weight excluding hydrogens is 522 g/mol. The number of hydrogen-bond acceptors (Lipinski definition) is 4. The van der Waals surface area contributed by atoms with Gasteiger partial charge in [0.15, 0.2) is 0 Å². The van der Waals surface area contributed by atoms with Crippen molar-refractivity contribution in [1.29, 1.82) is 0 Å². The minimum Gasteiger partial charge on any atom is -0.354 e. The van der Waals surface area contributed by atoms with Crippen LogP contribution < -0.4 is 9.62 Å². The van der Waals surface area contributed by atoms with Gasteiger partial charge in [0.05, 0.1) is 10.6 Å². The van der Waals surface area contributed by atoms with Crippen LogP contribution >= 0.6 is 0 Å². The minimum atomic E-state index is -4.05. The third-order valence-electron chi connectivity index (χ3n) is 6.94. The lowest BCUT2D eigenvalue weighted by atomic mass is 10.1. The zero-order valence-corrected chi connectivity index (χ0v) is 24.6. The molecule has 40 heavy (non-hydrogen) atoms. The third-order valence-corrected chi connectivity index (χ3v) is 8.73. The van der Waals surface area contributed by atoms with Gasteiger partial charge in [-0.1, -0.05) is 87.9 Å². The smallest absolute Gasteiger partial charge is 0.264 e. The molecule has 1 N–H and O–H groups in total. The molecule has 0 spiro atoms. The van der Waals surface area contributed by atoms with Gasteiger partial charge in [-0.15, -0.1) is 0 Å². The summed E-state index contributed by atoms with van der Waals surface area (Å²) in [5, 5.41) is 2.96. The maximum absolute atomic E-state index is 14.0. The number of hydrogen-bond donors (Lipinski definition) is 1. The van der Waals surface area contributed by atoms with Crippen molar-refractivity contribution < 1.29 is 18.0 Å². The molecule has 1 atom stereocenters. The number of anilines is 1. The fourth-order valence-electron chi connectivity index (χ4n) is 4.55. The molecule has 0 radical (unpaired) electrons. The first-order valence-electron chi connectivity index (χ1n) is 14.1. The molecule has 0 aromatic heterocycles. The van der Waals surface area contributed by atoms with Crippen LogP contribution in [0.25, 0.3) is 0 Å². The number of nitrogens with one attached hydrogen (secondary N) is 1. The van der Waals surface area contributed by atoms with Crippen molar-refractivity contribution in [2.75, 3.05) is 23.9 Å². The fourth-order valence-corrected chi connectivity index (χ4v) is 5.98. The number of sulfonamides is 1. The third kappa shape index (κ3) is 8.18. The Labute approximate surface area is 239 Å². The molecule has 0 unspecified atom stereocenters. The molecule has 3 rings (SSSR count). The van der Waals surface area contributed by atoms with E-state index in [0.29, 0.717) is 25.1 Å². The molecule has 2 amide bonds. The van der Waals surface area contributed by atoms with E-state index in [9.17, 15) is 18.0 Å². The summed E-state index contributed by atoms with van der Waals surface area (Å²) in [6.45, 7) is 6.35. The molecule has 3 aromatic carbocycles. The number of rotatable bonds is 15. The molecule has 214 valence electrons. The SMILES string of the molecule is CCCCNC(=O)[C@@H](CC)N(CCc1ccccc1)C(=O)CN(c1ccc(CC)cc1)S(=O)(=O)c1ccccc1. The molecule has 3 aromatic rings. The van der Waals surface area contributed by atoms with Gasteiger partial charge < -0.3 is 10.2 Å². The largest absolute Gasteiger partial charge is 0.354 e. The summed E-state index contributed by atoms with van der Waals surface area (Å²) in [6.07, 6.45) is 3.55. The van der Waals surface area contributed by atoms with Crippen LogP contribution in [0.1, 0.15) is 51.2 Å². The van der Waals surface area contributed by atoms with Crippen LogP contribution in [0.4, 0.5) is 5.69 Å². The molecule has 0 saturated heterocycles. The first-order valence-corrected chi connectivity index (χ1v) is 15.5. The van der Waals surface area contributed by atoms with Crippen molar-refractivity contribution in [1.82, 2.24) is 10.2 Å². The molecule has 0 aliphatic heterocycles. The van der Waals surface area contributed by atoms with Crippen molar-refractivity contribution >= 4 is 27.5 Å². The average Bonchev–Trinajstić information content (AvgIpc) is 2.99. The highest BCUT2D eigenvalue weighted by Gasteiger charge is 2.33. The van der Waals surface area contributed by atoms with Crippen molar-refractivity contribution in [3.8, 4) is 0 Å². The number of benzene rings is 3. The van der Waals surface area contributed by atoms with Crippen molar-refractivity contribution in [3.63, 3.8) is 0 Å². The highest BCUT2D eigenvalue weighted by atomic mass is 32.2. The van der Waals surface area contributed by atoms with Crippen LogP contribution in [0.5, 0.6) is 0 Å². The van der Waals surface area contributed by atoms with E-state index in [0.717, 1.165) is 34.7 Å². The van der Waals surface area contributed by atoms with Gasteiger partial charge in [0.25, 0.3) is 10.0 Å². The standard InChI is InChI=1S/C32H41N3O4S/c1-4-7-23-33-32(37)30(6-3)34(24-22-27-14-10-8-11-15-27)31(36)25-35(28-20-18-26(5-2)19-21-28)40(38,39)29-16-12-9-13-17-29/h8-21,30H,4-7,22-25H2,1-3H3,(H,33,37)/t30-/m1/s1. The summed E-state index contributed by atoms with van der Waals surface area (Å²) < 4.78 is 28.9. The van der Waals surface area contributed by atoms with Crippen LogP contribution in [0.15, 0.2) is 89.8 Å². The molecule has 0 heterocycles. The maximum atomic E-state index is 14.0. The van der Waals surface area contributed by atoms with E-state index in [1.165, 1.54) is 12.1 Å². The molecule has 7 nitrogen and oxygen atoms in total. The van der Waals surface area contributed by atoms with Gasteiger partial charge in [-0.2, -0.15) is 0 Å². The Kier molecular flexibility index (Phi) is 11.8. The lowest BCUT2D eigenvalue weighted by molar-refractivity contribution is -0.139. The topological polar surface area (TPSA) is 86.8 Å². The molecule has 0 saturated carbocycles. The summed E-state index contributed by atoms with van der Waals surface area (Å²) in [5.74, 6) is -0.644. The van der Waals surface area contributed by atoms with Crippen LogP contribution in [0.2, 0.25) is 0 Å². The van der Waals surface area contributed by atoms with E-state index in [1.54, 1.807) is 35.2 Å². The summed E-state index contributed by atoms with van der Waals surface area (Å²) in [6, 6.07) is 24.4. The van der Waals surface area contributed by atoms with Gasteiger partial charge in [-0.05, 0) is 61.1 Å². The Morgan fingerprint density at radius 3 is 2.02 bits per heavy atom. The van der Waals surface area contributed by atoms with E-state index in [-0.39, 0.29) is 17.3 Å². The summed E-state index contributed by atoms with van der Waals surface area (Å²) in [7, 11) is -4.05. The first kappa shape index (κ1) is 30.9. The zero-order valence-electron chi connectivity index (χ0n) is 23.8. The predicted octanol–water partition coefficient (Wildman–Crippen LogP) is 5.21. The van der Waals surface area contributed by atoms with E-state index >= 15 is 0 Å². The van der Waals surface area contributed by atoms with Gasteiger partial charge in [0.1, 0.15) is 12.6 Å². The van der Waals surface area contributed by atoms with Crippen LogP contribution in [-0.4, -0.2) is 50.8 Å². The normalized spacial score (nSPS) is 12.0. The number of aryl methyl sites for hydroxylation is 1. The lowest BCUT2D eigenvalue weighted by Crippen LogP contribution is -2.53. The highest BCUT2D eigenvalue weighted by Crippen LogP contribution is 2.25. The second-order valence-electron chi connectivity index (χ2n) is 9.74. The van der Waals surface area contributed by atoms with E-state index in [2.05, 4.69) is 5.32 Å². The zero-order chi connectivity index (χ0) is 29.0. The van der Waals surface area contributed by atoms with Crippen molar-refractivity contribution in [2.45, 2.75) is 63.8 Å². The van der Waals surface area contributed by atoms with E-state index in [1.807, 2.05) is 63.2 Å².